The van der Waals surface area contributed by atoms with E-state index >= 15 is 0 Å². The Kier molecular flexibility index (Phi) is 3.67. The van der Waals surface area contributed by atoms with Crippen LogP contribution in [-0.4, -0.2) is 21.6 Å². The topological polar surface area (TPSA) is 130 Å². The molecular formula is C12H15N5O2. The Hall–Kier alpha value is -2.54. The van der Waals surface area contributed by atoms with Crippen LogP contribution in [-0.2, 0) is 0 Å². The predicted octanol–water partition coefficient (Wildman–Crippen LogP) is 0.0798. The van der Waals surface area contributed by atoms with E-state index in [4.69, 9.17) is 11.5 Å². The van der Waals surface area contributed by atoms with Crippen molar-refractivity contribution in [3.8, 4) is 0 Å². The van der Waals surface area contributed by atoms with Crippen molar-refractivity contribution in [3.63, 3.8) is 0 Å². The first-order valence-corrected chi connectivity index (χ1v) is 5.68. The highest BCUT2D eigenvalue weighted by Gasteiger charge is 2.09. The lowest BCUT2D eigenvalue weighted by Crippen LogP contribution is -2.19. The van der Waals surface area contributed by atoms with Crippen LogP contribution in [0, 0.1) is 0 Å². The zero-order chi connectivity index (χ0) is 13.8. The number of aromatic nitrogens is 2. The van der Waals surface area contributed by atoms with Gasteiger partial charge < -0.3 is 26.9 Å². The van der Waals surface area contributed by atoms with Crippen LogP contribution < -0.4 is 22.3 Å². The summed E-state index contributed by atoms with van der Waals surface area (Å²) in [6.07, 6.45) is 0.498. The number of nitrogens with two attached hydrogens (primary N) is 2. The Morgan fingerprint density at radius 2 is 2.00 bits per heavy atom. The minimum atomic E-state index is -0.749. The number of aliphatic hydroxyl groups is 1. The third-order valence-corrected chi connectivity index (χ3v) is 2.67. The summed E-state index contributed by atoms with van der Waals surface area (Å²) in [6.45, 7) is 0.185. The Balaban J connectivity index is 2.04. The molecule has 0 saturated carbocycles. The van der Waals surface area contributed by atoms with E-state index in [-0.39, 0.29) is 18.1 Å². The van der Waals surface area contributed by atoms with Gasteiger partial charge in [0.1, 0.15) is 5.69 Å². The molecule has 1 heterocycles. The van der Waals surface area contributed by atoms with Crippen LogP contribution in [0.5, 0.6) is 0 Å². The zero-order valence-electron chi connectivity index (χ0n) is 10.1. The largest absolute Gasteiger partial charge is 0.399 e. The molecule has 0 amide bonds. The van der Waals surface area contributed by atoms with Gasteiger partial charge in [0, 0.05) is 12.2 Å². The maximum absolute atomic E-state index is 11.3. The molecule has 0 saturated heterocycles. The highest BCUT2D eigenvalue weighted by molar-refractivity contribution is 5.59. The second-order valence-corrected chi connectivity index (χ2v) is 4.06. The first kappa shape index (κ1) is 12.9. The molecule has 1 unspecified atom stereocenters. The number of aliphatic hydroxyl groups excluding tert-OH is 1. The normalized spacial score (nSPS) is 12.1. The van der Waals surface area contributed by atoms with E-state index < -0.39 is 11.7 Å². The fourth-order valence-electron chi connectivity index (χ4n) is 1.58. The van der Waals surface area contributed by atoms with Gasteiger partial charge in [-0.05, 0) is 17.7 Å². The Morgan fingerprint density at radius 1 is 1.32 bits per heavy atom. The van der Waals surface area contributed by atoms with Crippen molar-refractivity contribution in [2.75, 3.05) is 23.3 Å². The molecule has 19 heavy (non-hydrogen) atoms. The molecule has 7 heteroatoms. The molecule has 7 N–H and O–H groups in total. The van der Waals surface area contributed by atoms with Crippen molar-refractivity contribution in [1.82, 2.24) is 9.97 Å². The second-order valence-electron chi connectivity index (χ2n) is 4.06. The quantitative estimate of drug-likeness (QED) is 0.495. The van der Waals surface area contributed by atoms with Crippen LogP contribution in [0.15, 0.2) is 35.4 Å². The van der Waals surface area contributed by atoms with Crippen molar-refractivity contribution >= 4 is 17.2 Å². The molecular weight excluding hydrogens is 246 g/mol. The number of hydrogen-bond acceptors (Lipinski definition) is 6. The van der Waals surface area contributed by atoms with Crippen molar-refractivity contribution in [1.29, 1.82) is 0 Å². The number of aromatic amines is 1. The molecule has 0 bridgehead atoms. The van der Waals surface area contributed by atoms with E-state index in [9.17, 15) is 9.90 Å². The Labute approximate surface area is 109 Å². The predicted molar refractivity (Wildman–Crippen MR) is 73.6 cm³/mol. The third kappa shape index (κ3) is 3.02. The van der Waals surface area contributed by atoms with Crippen LogP contribution in [0.2, 0.25) is 0 Å². The summed E-state index contributed by atoms with van der Waals surface area (Å²) in [5.41, 5.74) is 12.0. The fraction of sp³-hybridized carbons (Fsp3) is 0.167. The van der Waals surface area contributed by atoms with Crippen LogP contribution in [0.1, 0.15) is 11.7 Å². The molecule has 0 fully saturated rings. The van der Waals surface area contributed by atoms with E-state index in [1.807, 2.05) is 0 Å². The summed E-state index contributed by atoms with van der Waals surface area (Å²) in [5.74, 6) is 0.248. The van der Waals surface area contributed by atoms with Gasteiger partial charge in [-0.3, -0.25) is 4.79 Å². The Bertz CT molecular complexity index is 608. The number of nitrogen functional groups attached to an aromatic ring is 2. The molecule has 1 aromatic carbocycles. The summed E-state index contributed by atoms with van der Waals surface area (Å²) in [6, 6.07) is 6.88. The molecule has 1 atom stereocenters. The van der Waals surface area contributed by atoms with E-state index in [2.05, 4.69) is 15.3 Å². The zero-order valence-corrected chi connectivity index (χ0v) is 10.1. The molecule has 0 aliphatic rings. The number of nitrogens with one attached hydrogen (secondary N) is 2. The first-order valence-electron chi connectivity index (χ1n) is 5.68. The van der Waals surface area contributed by atoms with Crippen molar-refractivity contribution in [2.24, 2.45) is 0 Å². The van der Waals surface area contributed by atoms with Gasteiger partial charge in [0.2, 0.25) is 0 Å². The summed E-state index contributed by atoms with van der Waals surface area (Å²) in [4.78, 5) is 17.5. The van der Waals surface area contributed by atoms with Crippen molar-refractivity contribution in [2.45, 2.75) is 6.10 Å². The molecule has 0 aliphatic carbocycles. The van der Waals surface area contributed by atoms with Gasteiger partial charge in [-0.15, -0.1) is 0 Å². The molecule has 1 aromatic heterocycles. The van der Waals surface area contributed by atoms with E-state index in [0.29, 0.717) is 11.3 Å². The standard InChI is InChI=1S/C12H15N5O2/c13-8-3-1-7(2-4-8)9(18)5-15-11-10(14)12(19)17-6-16-11/h1-4,6,9,18H,5,13-14H2,(H2,15,16,17,19). The van der Waals surface area contributed by atoms with Gasteiger partial charge >= 0.3 is 0 Å². The van der Waals surface area contributed by atoms with Gasteiger partial charge in [0.15, 0.2) is 5.82 Å². The molecule has 2 aromatic rings. The molecule has 7 nitrogen and oxygen atoms in total. The number of hydrogen-bond donors (Lipinski definition) is 5. The summed E-state index contributed by atoms with van der Waals surface area (Å²) in [5, 5.41) is 12.8. The molecule has 2 rings (SSSR count). The van der Waals surface area contributed by atoms with Crippen LogP contribution in [0.4, 0.5) is 17.2 Å². The van der Waals surface area contributed by atoms with E-state index in [0.717, 1.165) is 0 Å². The summed E-state index contributed by atoms with van der Waals surface area (Å²) in [7, 11) is 0. The maximum Gasteiger partial charge on any atom is 0.276 e. The van der Waals surface area contributed by atoms with E-state index in [1.165, 1.54) is 6.33 Å². The van der Waals surface area contributed by atoms with Gasteiger partial charge in [-0.2, -0.15) is 0 Å². The van der Waals surface area contributed by atoms with Gasteiger partial charge in [-0.25, -0.2) is 4.98 Å². The third-order valence-electron chi connectivity index (χ3n) is 2.67. The molecule has 0 aliphatic heterocycles. The second kappa shape index (κ2) is 5.40. The van der Waals surface area contributed by atoms with Gasteiger partial charge in [0.05, 0.1) is 12.4 Å². The lowest BCUT2D eigenvalue weighted by molar-refractivity contribution is 0.191. The molecule has 0 radical (unpaired) electrons. The monoisotopic (exact) mass is 261 g/mol. The van der Waals surface area contributed by atoms with Crippen molar-refractivity contribution in [3.05, 3.63) is 46.5 Å². The average Bonchev–Trinajstić information content (AvgIpc) is 2.41. The maximum atomic E-state index is 11.3. The minimum absolute atomic E-state index is 0.00740. The van der Waals surface area contributed by atoms with Crippen LogP contribution in [0.25, 0.3) is 0 Å². The number of rotatable bonds is 4. The van der Waals surface area contributed by atoms with E-state index in [1.54, 1.807) is 24.3 Å². The number of anilines is 3. The van der Waals surface area contributed by atoms with Crippen molar-refractivity contribution < 1.29 is 5.11 Å². The average molecular weight is 261 g/mol. The summed E-state index contributed by atoms with van der Waals surface area (Å²) < 4.78 is 0. The number of H-pyrrole nitrogens is 1. The highest BCUT2D eigenvalue weighted by Crippen LogP contribution is 2.16. The van der Waals surface area contributed by atoms with Crippen LogP contribution in [0.3, 0.4) is 0 Å². The lowest BCUT2D eigenvalue weighted by atomic mass is 10.1. The SMILES string of the molecule is Nc1ccc(C(O)CNc2nc[nH]c(=O)c2N)cc1. The number of benzene rings is 1. The molecule has 100 valence electrons. The Morgan fingerprint density at radius 3 is 2.68 bits per heavy atom. The first-order chi connectivity index (χ1) is 9.08. The number of nitrogens with zero attached hydrogens (tertiary/aromatic N) is 1. The minimum Gasteiger partial charge on any atom is -0.399 e. The van der Waals surface area contributed by atoms with Gasteiger partial charge in [0.25, 0.3) is 5.56 Å². The van der Waals surface area contributed by atoms with Crippen LogP contribution >= 0.6 is 0 Å². The fourth-order valence-corrected chi connectivity index (χ4v) is 1.58. The van der Waals surface area contributed by atoms with Gasteiger partial charge in [-0.1, -0.05) is 12.1 Å². The lowest BCUT2D eigenvalue weighted by Gasteiger charge is -2.13. The molecule has 0 spiro atoms. The highest BCUT2D eigenvalue weighted by atomic mass is 16.3. The smallest absolute Gasteiger partial charge is 0.276 e. The summed E-state index contributed by atoms with van der Waals surface area (Å²) >= 11 is 0.